The van der Waals surface area contributed by atoms with Crippen LogP contribution in [0.5, 0.6) is 5.75 Å². The van der Waals surface area contributed by atoms with E-state index in [1.54, 1.807) is 24.3 Å². The standard InChI is InChI=1S/C9H11NO2.C4HCl2FN2.C2H6/c1-7(11)6-12-9-4-2-8(10)3-5-9;5-3-2(7)1-8-4(6)9-3;1-2/h2-5H,6,10H2,1H3;1H;1-2H3. The summed E-state index contributed by atoms with van der Waals surface area (Å²) in [6, 6.07) is 6.93. The molecule has 0 fully saturated rings. The molecular weight excluding hydrogens is 344 g/mol. The Balaban J connectivity index is 0.000000392. The zero-order valence-electron chi connectivity index (χ0n) is 13.0. The van der Waals surface area contributed by atoms with Gasteiger partial charge in [-0.2, -0.15) is 0 Å². The van der Waals surface area contributed by atoms with Crippen molar-refractivity contribution in [3.05, 3.63) is 46.7 Å². The monoisotopic (exact) mass is 361 g/mol. The number of aromatic nitrogens is 2. The molecule has 0 spiro atoms. The maximum atomic E-state index is 12.2. The Hall–Kier alpha value is -1.92. The highest BCUT2D eigenvalue weighted by molar-refractivity contribution is 6.31. The van der Waals surface area contributed by atoms with E-state index in [2.05, 4.69) is 9.97 Å². The maximum Gasteiger partial charge on any atom is 0.223 e. The lowest BCUT2D eigenvalue weighted by Gasteiger charge is -2.02. The molecule has 8 heteroatoms. The number of anilines is 1. The average molecular weight is 362 g/mol. The van der Waals surface area contributed by atoms with Gasteiger partial charge in [0.2, 0.25) is 5.28 Å². The average Bonchev–Trinajstić information content (AvgIpc) is 2.53. The zero-order valence-corrected chi connectivity index (χ0v) is 14.5. The minimum absolute atomic E-state index is 0.00632. The molecule has 5 nitrogen and oxygen atoms in total. The lowest BCUT2D eigenvalue weighted by Crippen LogP contribution is -2.06. The summed E-state index contributed by atoms with van der Waals surface area (Å²) in [5.74, 6) is 0.00675. The van der Waals surface area contributed by atoms with Crippen LogP contribution in [0, 0.1) is 5.82 Å². The van der Waals surface area contributed by atoms with Gasteiger partial charge in [-0.1, -0.05) is 25.4 Å². The number of ether oxygens (including phenoxy) is 1. The van der Waals surface area contributed by atoms with Crippen molar-refractivity contribution in [1.82, 2.24) is 9.97 Å². The highest BCUT2D eigenvalue weighted by Gasteiger charge is 2.00. The normalized spacial score (nSPS) is 8.96. The SMILES string of the molecule is CC.CC(=O)COc1ccc(N)cc1.Fc1cnc(Cl)nc1Cl. The molecule has 0 unspecified atom stereocenters. The van der Waals surface area contributed by atoms with Crippen LogP contribution >= 0.6 is 23.2 Å². The van der Waals surface area contributed by atoms with E-state index in [0.717, 1.165) is 6.20 Å². The first-order valence-electron chi connectivity index (χ1n) is 6.70. The van der Waals surface area contributed by atoms with Crippen molar-refractivity contribution in [1.29, 1.82) is 0 Å². The van der Waals surface area contributed by atoms with Gasteiger partial charge in [0.1, 0.15) is 12.4 Å². The largest absolute Gasteiger partial charge is 0.486 e. The number of hydrogen-bond acceptors (Lipinski definition) is 5. The summed E-state index contributed by atoms with van der Waals surface area (Å²) in [6.07, 6.45) is 0.914. The van der Waals surface area contributed by atoms with Gasteiger partial charge in [-0.3, -0.25) is 4.79 Å². The first-order chi connectivity index (χ1) is 10.9. The number of halogens is 3. The third-order valence-electron chi connectivity index (χ3n) is 1.99. The van der Waals surface area contributed by atoms with E-state index in [1.807, 2.05) is 13.8 Å². The summed E-state index contributed by atoms with van der Waals surface area (Å²) in [5, 5.41) is -0.309. The number of nitrogens with two attached hydrogens (primary N) is 1. The van der Waals surface area contributed by atoms with Crippen LogP contribution in [-0.4, -0.2) is 22.4 Å². The molecular formula is C15H18Cl2FN3O2. The molecule has 0 aliphatic rings. The van der Waals surface area contributed by atoms with Crippen LogP contribution < -0.4 is 10.5 Å². The summed E-state index contributed by atoms with van der Waals surface area (Å²) in [6.45, 7) is 5.60. The van der Waals surface area contributed by atoms with E-state index < -0.39 is 5.82 Å². The number of nitrogen functional groups attached to an aromatic ring is 1. The van der Waals surface area contributed by atoms with Crippen molar-refractivity contribution >= 4 is 34.7 Å². The van der Waals surface area contributed by atoms with Crippen molar-refractivity contribution in [2.75, 3.05) is 12.3 Å². The molecule has 2 N–H and O–H groups in total. The van der Waals surface area contributed by atoms with Gasteiger partial charge in [-0.25, -0.2) is 14.4 Å². The van der Waals surface area contributed by atoms with Crippen LogP contribution in [0.4, 0.5) is 10.1 Å². The number of rotatable bonds is 3. The number of hydrogen-bond donors (Lipinski definition) is 1. The van der Waals surface area contributed by atoms with Gasteiger partial charge < -0.3 is 10.5 Å². The molecule has 0 saturated heterocycles. The fraction of sp³-hybridized carbons (Fsp3) is 0.267. The summed E-state index contributed by atoms with van der Waals surface area (Å²) < 4.78 is 17.3. The number of carbonyl (C=O) groups is 1. The van der Waals surface area contributed by atoms with Crippen LogP contribution in [0.1, 0.15) is 20.8 Å². The van der Waals surface area contributed by atoms with Gasteiger partial charge in [0.05, 0.1) is 6.20 Å². The second-order valence-electron chi connectivity index (χ2n) is 3.84. The van der Waals surface area contributed by atoms with Gasteiger partial charge in [-0.05, 0) is 42.8 Å². The van der Waals surface area contributed by atoms with Crippen LogP contribution in [0.3, 0.4) is 0 Å². The van der Waals surface area contributed by atoms with Crippen LogP contribution in [0.25, 0.3) is 0 Å². The first kappa shape index (κ1) is 21.1. The topological polar surface area (TPSA) is 78.1 Å². The summed E-state index contributed by atoms with van der Waals surface area (Å²) >= 11 is 10.4. The lowest BCUT2D eigenvalue weighted by atomic mass is 10.3. The second-order valence-corrected chi connectivity index (χ2v) is 4.53. The second kappa shape index (κ2) is 11.6. The molecule has 0 saturated carbocycles. The zero-order chi connectivity index (χ0) is 17.8. The number of Topliss-reactive ketones (excluding diaryl/α,β-unsaturated/α-hetero) is 1. The molecule has 0 bridgehead atoms. The van der Waals surface area contributed by atoms with Crippen molar-refractivity contribution in [3.63, 3.8) is 0 Å². The molecule has 1 aromatic carbocycles. The van der Waals surface area contributed by atoms with E-state index in [4.69, 9.17) is 33.7 Å². The lowest BCUT2D eigenvalue weighted by molar-refractivity contribution is -0.118. The number of carbonyl (C=O) groups excluding carboxylic acids is 1. The molecule has 23 heavy (non-hydrogen) atoms. The Morgan fingerprint density at radius 3 is 2.26 bits per heavy atom. The van der Waals surface area contributed by atoms with Crippen molar-refractivity contribution < 1.29 is 13.9 Å². The van der Waals surface area contributed by atoms with Crippen molar-refractivity contribution in [2.24, 2.45) is 0 Å². The molecule has 1 aromatic heterocycles. The Bertz CT molecular complexity index is 610. The van der Waals surface area contributed by atoms with Crippen molar-refractivity contribution in [2.45, 2.75) is 20.8 Å². The molecule has 1 heterocycles. The predicted octanol–water partition coefficient (Wildman–Crippen LogP) is 4.19. The predicted molar refractivity (Wildman–Crippen MR) is 90.4 cm³/mol. The Labute approximate surface area is 144 Å². The molecule has 0 aliphatic heterocycles. The van der Waals surface area contributed by atoms with E-state index >= 15 is 0 Å². The molecule has 2 rings (SSSR count). The van der Waals surface area contributed by atoms with E-state index in [9.17, 15) is 9.18 Å². The Morgan fingerprint density at radius 2 is 1.83 bits per heavy atom. The maximum absolute atomic E-state index is 12.2. The van der Waals surface area contributed by atoms with Crippen LogP contribution in [0.15, 0.2) is 30.5 Å². The van der Waals surface area contributed by atoms with Crippen molar-refractivity contribution in [3.8, 4) is 5.75 Å². The number of nitrogens with zero attached hydrogens (tertiary/aromatic N) is 2. The summed E-state index contributed by atoms with van der Waals surface area (Å²) in [7, 11) is 0. The quantitative estimate of drug-likeness (QED) is 0.503. The Morgan fingerprint density at radius 1 is 1.26 bits per heavy atom. The molecule has 126 valence electrons. The number of benzene rings is 1. The Kier molecular flexibility index (Phi) is 10.7. The molecule has 0 atom stereocenters. The van der Waals surface area contributed by atoms with Gasteiger partial charge >= 0.3 is 0 Å². The fourth-order valence-corrected chi connectivity index (χ4v) is 1.38. The third-order valence-corrected chi connectivity index (χ3v) is 2.44. The fourth-order valence-electron chi connectivity index (χ4n) is 1.08. The number of ketones is 1. The van der Waals surface area contributed by atoms with E-state index in [0.29, 0.717) is 11.4 Å². The molecule has 0 aliphatic carbocycles. The van der Waals surface area contributed by atoms with Gasteiger partial charge in [0, 0.05) is 5.69 Å². The van der Waals surface area contributed by atoms with E-state index in [-0.39, 0.29) is 22.8 Å². The van der Waals surface area contributed by atoms with Gasteiger partial charge in [0.25, 0.3) is 0 Å². The smallest absolute Gasteiger partial charge is 0.223 e. The summed E-state index contributed by atoms with van der Waals surface area (Å²) in [5.41, 5.74) is 6.15. The van der Waals surface area contributed by atoms with Gasteiger partial charge in [0.15, 0.2) is 16.8 Å². The minimum Gasteiger partial charge on any atom is -0.486 e. The van der Waals surface area contributed by atoms with Crippen LogP contribution in [0.2, 0.25) is 10.4 Å². The minimum atomic E-state index is -0.666. The summed E-state index contributed by atoms with van der Waals surface area (Å²) in [4.78, 5) is 17.2. The molecule has 0 amide bonds. The highest BCUT2D eigenvalue weighted by atomic mass is 35.5. The van der Waals surface area contributed by atoms with Crippen LogP contribution in [-0.2, 0) is 4.79 Å². The molecule has 2 aromatic rings. The third kappa shape index (κ3) is 9.65. The van der Waals surface area contributed by atoms with E-state index in [1.165, 1.54) is 6.92 Å². The highest BCUT2D eigenvalue weighted by Crippen LogP contribution is 2.12. The molecule has 0 radical (unpaired) electrons. The van der Waals surface area contributed by atoms with Gasteiger partial charge in [-0.15, -0.1) is 0 Å². The first-order valence-corrected chi connectivity index (χ1v) is 7.45.